The molecule has 1 aromatic carbocycles. The third-order valence-electron chi connectivity index (χ3n) is 5.25. The molecule has 1 aromatic heterocycles. The zero-order valence-electron chi connectivity index (χ0n) is 15.0. The summed E-state index contributed by atoms with van der Waals surface area (Å²) < 4.78 is 54.3. The van der Waals surface area contributed by atoms with E-state index in [2.05, 4.69) is 5.16 Å². The van der Waals surface area contributed by atoms with Crippen LogP contribution in [0.15, 0.2) is 32.9 Å². The van der Waals surface area contributed by atoms with Crippen LogP contribution in [-0.4, -0.2) is 20.9 Å². The van der Waals surface area contributed by atoms with Crippen molar-refractivity contribution in [3.8, 4) is 5.69 Å². The van der Waals surface area contributed by atoms with E-state index in [4.69, 9.17) is 16.4 Å². The maximum atomic E-state index is 14.6. The monoisotopic (exact) mass is 431 g/mol. The fourth-order valence-electron chi connectivity index (χ4n) is 3.83. The van der Waals surface area contributed by atoms with E-state index in [-0.39, 0.29) is 33.2 Å². The molecule has 4 rings (SSSR count). The highest BCUT2D eigenvalue weighted by Crippen LogP contribution is 2.38. The Hall–Kier alpha value is -2.62. The SMILES string of the molecule is Cn1c(C(F)(F)F)cc(=O)n(-c2cc(C3=NOC4CCCC34)c(Cl)cc2F)c1=O. The van der Waals surface area contributed by atoms with Gasteiger partial charge >= 0.3 is 11.9 Å². The van der Waals surface area contributed by atoms with Crippen LogP contribution in [0.3, 0.4) is 0 Å². The van der Waals surface area contributed by atoms with Crippen LogP contribution in [0.2, 0.25) is 5.02 Å². The second-order valence-electron chi connectivity index (χ2n) is 6.98. The van der Waals surface area contributed by atoms with Gasteiger partial charge in [0.05, 0.1) is 16.4 Å². The van der Waals surface area contributed by atoms with Crippen LogP contribution < -0.4 is 11.2 Å². The summed E-state index contributed by atoms with van der Waals surface area (Å²) in [7, 11) is 0.855. The molecule has 2 unspecified atom stereocenters. The van der Waals surface area contributed by atoms with Crippen molar-refractivity contribution in [1.29, 1.82) is 0 Å². The fourth-order valence-corrected chi connectivity index (χ4v) is 4.08. The van der Waals surface area contributed by atoms with Crippen LogP contribution in [0.5, 0.6) is 0 Å². The molecule has 0 bridgehead atoms. The van der Waals surface area contributed by atoms with Crippen LogP contribution in [0.4, 0.5) is 17.6 Å². The van der Waals surface area contributed by atoms with Crippen molar-refractivity contribution in [3.63, 3.8) is 0 Å². The van der Waals surface area contributed by atoms with Crippen LogP contribution in [0, 0.1) is 11.7 Å². The average molecular weight is 432 g/mol. The van der Waals surface area contributed by atoms with Crippen LogP contribution >= 0.6 is 11.6 Å². The van der Waals surface area contributed by atoms with E-state index in [9.17, 15) is 27.2 Å². The summed E-state index contributed by atoms with van der Waals surface area (Å²) in [5, 5.41) is 4.01. The number of benzene rings is 1. The standard InChI is InChI=1S/C18H14ClF4N3O3/c1-25-14(18(21,22)23)7-15(27)26(17(25)28)12-5-9(10(19)6-11(12)20)16-8-3-2-4-13(8)29-24-16/h5-8,13H,2-4H2,1H3. The number of aromatic nitrogens is 2. The van der Waals surface area contributed by atoms with E-state index < -0.39 is 34.6 Å². The van der Waals surface area contributed by atoms with Gasteiger partial charge in [0.2, 0.25) is 0 Å². The molecule has 0 saturated heterocycles. The lowest BCUT2D eigenvalue weighted by Crippen LogP contribution is -2.41. The van der Waals surface area contributed by atoms with Crippen molar-refractivity contribution in [2.24, 2.45) is 18.1 Å². The second-order valence-corrected chi connectivity index (χ2v) is 7.39. The van der Waals surface area contributed by atoms with Gasteiger partial charge < -0.3 is 4.84 Å². The van der Waals surface area contributed by atoms with Crippen molar-refractivity contribution in [2.75, 3.05) is 0 Å². The van der Waals surface area contributed by atoms with Gasteiger partial charge in [-0.1, -0.05) is 16.8 Å². The molecule has 1 fully saturated rings. The number of oxime groups is 1. The van der Waals surface area contributed by atoms with E-state index in [1.165, 1.54) is 0 Å². The lowest BCUT2D eigenvalue weighted by molar-refractivity contribution is -0.144. The van der Waals surface area contributed by atoms with E-state index >= 15 is 0 Å². The normalized spacial score (nSPS) is 21.1. The van der Waals surface area contributed by atoms with Gasteiger partial charge in [0.1, 0.15) is 17.6 Å². The number of fused-ring (bicyclic) bond motifs is 1. The molecule has 1 saturated carbocycles. The highest BCUT2D eigenvalue weighted by Gasteiger charge is 2.40. The Labute approximate surface area is 166 Å². The molecular weight excluding hydrogens is 418 g/mol. The van der Waals surface area contributed by atoms with Gasteiger partial charge in [0.15, 0.2) is 0 Å². The molecule has 2 aliphatic rings. The summed E-state index contributed by atoms with van der Waals surface area (Å²) in [6.07, 6.45) is -2.52. The minimum absolute atomic E-state index is 0.00191. The Balaban J connectivity index is 1.90. The third kappa shape index (κ3) is 3.15. The first-order chi connectivity index (χ1) is 13.6. The Bertz CT molecular complexity index is 1150. The molecule has 2 atom stereocenters. The Morgan fingerprint density at radius 1 is 1.21 bits per heavy atom. The molecule has 29 heavy (non-hydrogen) atoms. The van der Waals surface area contributed by atoms with Crippen molar-refractivity contribution in [2.45, 2.75) is 31.5 Å². The first-order valence-corrected chi connectivity index (χ1v) is 9.11. The number of halogens is 5. The van der Waals surface area contributed by atoms with Gasteiger partial charge in [-0.3, -0.25) is 9.36 Å². The average Bonchev–Trinajstić information content (AvgIpc) is 3.23. The summed E-state index contributed by atoms with van der Waals surface area (Å²) >= 11 is 6.16. The van der Waals surface area contributed by atoms with Gasteiger partial charge in [-0.25, -0.2) is 13.8 Å². The predicted molar refractivity (Wildman–Crippen MR) is 96.0 cm³/mol. The largest absolute Gasteiger partial charge is 0.431 e. The lowest BCUT2D eigenvalue weighted by atomic mass is 9.94. The highest BCUT2D eigenvalue weighted by atomic mass is 35.5. The number of hydrogen-bond acceptors (Lipinski definition) is 4. The van der Waals surface area contributed by atoms with Crippen molar-refractivity contribution in [1.82, 2.24) is 9.13 Å². The van der Waals surface area contributed by atoms with E-state index in [0.717, 1.165) is 38.4 Å². The zero-order chi connectivity index (χ0) is 21.1. The summed E-state index contributed by atoms with van der Waals surface area (Å²) in [6.45, 7) is 0. The number of nitrogens with zero attached hydrogens (tertiary/aromatic N) is 3. The molecule has 2 heterocycles. The molecular formula is C18H14ClF4N3O3. The van der Waals surface area contributed by atoms with Crippen LogP contribution in [-0.2, 0) is 18.1 Å². The van der Waals surface area contributed by atoms with Crippen molar-refractivity contribution >= 4 is 17.3 Å². The molecule has 11 heteroatoms. The Kier molecular flexibility index (Phi) is 4.56. The minimum atomic E-state index is -4.91. The molecule has 0 spiro atoms. The second kappa shape index (κ2) is 6.72. The molecule has 154 valence electrons. The maximum Gasteiger partial charge on any atom is 0.431 e. The Morgan fingerprint density at radius 3 is 2.62 bits per heavy atom. The molecule has 2 aromatic rings. The van der Waals surface area contributed by atoms with Crippen LogP contribution in [0.1, 0.15) is 30.5 Å². The maximum absolute atomic E-state index is 14.6. The molecule has 0 amide bonds. The number of rotatable bonds is 2. The van der Waals surface area contributed by atoms with Gasteiger partial charge in [0.25, 0.3) is 5.56 Å². The first kappa shape index (κ1) is 19.7. The summed E-state index contributed by atoms with van der Waals surface area (Å²) in [5.41, 5.74) is -3.84. The molecule has 1 aliphatic heterocycles. The fraction of sp³-hybridized carbons (Fsp3) is 0.389. The van der Waals surface area contributed by atoms with Gasteiger partial charge in [0, 0.05) is 24.6 Å². The van der Waals surface area contributed by atoms with E-state index in [1.807, 2.05) is 0 Å². The third-order valence-corrected chi connectivity index (χ3v) is 5.57. The van der Waals surface area contributed by atoms with Gasteiger partial charge in [-0.15, -0.1) is 0 Å². The summed E-state index contributed by atoms with van der Waals surface area (Å²) in [5.74, 6) is -1.09. The topological polar surface area (TPSA) is 65.6 Å². The first-order valence-electron chi connectivity index (χ1n) is 8.73. The molecule has 0 N–H and O–H groups in total. The smallest absolute Gasteiger partial charge is 0.392 e. The van der Waals surface area contributed by atoms with E-state index in [0.29, 0.717) is 10.3 Å². The lowest BCUT2D eigenvalue weighted by Gasteiger charge is -2.16. The van der Waals surface area contributed by atoms with Gasteiger partial charge in [-0.2, -0.15) is 13.2 Å². The molecule has 1 aliphatic carbocycles. The highest BCUT2D eigenvalue weighted by molar-refractivity contribution is 6.34. The summed E-state index contributed by atoms with van der Waals surface area (Å²) in [4.78, 5) is 30.2. The number of hydrogen-bond donors (Lipinski definition) is 0. The molecule has 0 radical (unpaired) electrons. The van der Waals surface area contributed by atoms with E-state index in [1.54, 1.807) is 0 Å². The predicted octanol–water partition coefficient (Wildman–Crippen LogP) is 3.25. The Morgan fingerprint density at radius 2 is 1.93 bits per heavy atom. The quantitative estimate of drug-likeness (QED) is 0.686. The zero-order valence-corrected chi connectivity index (χ0v) is 15.7. The minimum Gasteiger partial charge on any atom is -0.392 e. The van der Waals surface area contributed by atoms with Crippen LogP contribution in [0.25, 0.3) is 5.69 Å². The number of alkyl halides is 3. The van der Waals surface area contributed by atoms with Crippen molar-refractivity contribution < 1.29 is 22.4 Å². The van der Waals surface area contributed by atoms with Crippen molar-refractivity contribution in [3.05, 3.63) is 61.1 Å². The summed E-state index contributed by atoms with van der Waals surface area (Å²) in [6, 6.07) is 2.30. The van der Waals surface area contributed by atoms with Gasteiger partial charge in [-0.05, 0) is 31.4 Å². The molecule has 6 nitrogen and oxygen atoms in total.